The summed E-state index contributed by atoms with van der Waals surface area (Å²) in [6.45, 7) is 5.92. The van der Waals surface area contributed by atoms with Crippen molar-refractivity contribution in [2.45, 2.75) is 20.3 Å². The molecule has 1 fully saturated rings. The van der Waals surface area contributed by atoms with E-state index in [1.54, 1.807) is 0 Å². The molecule has 102 valence electrons. The van der Waals surface area contributed by atoms with Crippen LogP contribution in [0.25, 0.3) is 0 Å². The molecule has 0 bridgehead atoms. The van der Waals surface area contributed by atoms with Crippen molar-refractivity contribution in [2.75, 3.05) is 18.8 Å². The van der Waals surface area contributed by atoms with E-state index in [9.17, 15) is 4.79 Å². The predicted molar refractivity (Wildman–Crippen MR) is 75.5 cm³/mol. The molecule has 18 heavy (non-hydrogen) atoms. The fourth-order valence-electron chi connectivity index (χ4n) is 2.24. The van der Waals surface area contributed by atoms with Crippen LogP contribution in [0.4, 0.5) is 0 Å². The first kappa shape index (κ1) is 14.8. The molecule has 1 amide bonds. The van der Waals surface area contributed by atoms with Crippen LogP contribution in [0.3, 0.4) is 0 Å². The first-order chi connectivity index (χ1) is 8.38. The number of thioether (sulfide) groups is 1. The zero-order valence-electron chi connectivity index (χ0n) is 10.8. The zero-order chi connectivity index (χ0) is 13.7. The van der Waals surface area contributed by atoms with Crippen LogP contribution in [-0.2, 0) is 4.79 Å². The van der Waals surface area contributed by atoms with Gasteiger partial charge in [-0.25, -0.2) is 0 Å². The second-order valence-electron chi connectivity index (χ2n) is 4.88. The highest BCUT2D eigenvalue weighted by atomic mass is 32.2. The zero-order valence-corrected chi connectivity index (χ0v) is 11.7. The molecule has 7 heteroatoms. The van der Waals surface area contributed by atoms with E-state index in [2.05, 4.69) is 18.8 Å². The maximum atomic E-state index is 12.0. The Morgan fingerprint density at radius 2 is 1.94 bits per heavy atom. The summed E-state index contributed by atoms with van der Waals surface area (Å²) in [5.74, 6) is 1.20. The molecule has 1 saturated heterocycles. The number of nitrogens with two attached hydrogens (primary N) is 2. The summed E-state index contributed by atoms with van der Waals surface area (Å²) in [5.41, 5.74) is 10.3. The Labute approximate surface area is 112 Å². The number of carbonyl (C=O) groups is 1. The molecular formula is C11H21N5OS. The number of likely N-dealkylation sites (tertiary alicyclic amines) is 1. The first-order valence-corrected chi connectivity index (χ1v) is 6.95. The largest absolute Gasteiger partial charge is 0.370 e. The van der Waals surface area contributed by atoms with Crippen molar-refractivity contribution in [3.8, 4) is 0 Å². The van der Waals surface area contributed by atoms with E-state index in [-0.39, 0.29) is 22.8 Å². The number of aliphatic imine (C=N–C) groups is 1. The molecule has 1 rings (SSSR count). The monoisotopic (exact) mass is 271 g/mol. The van der Waals surface area contributed by atoms with E-state index in [4.69, 9.17) is 16.9 Å². The van der Waals surface area contributed by atoms with E-state index >= 15 is 0 Å². The molecule has 1 aliphatic rings. The van der Waals surface area contributed by atoms with E-state index < -0.39 is 0 Å². The van der Waals surface area contributed by atoms with Crippen LogP contribution in [0.15, 0.2) is 4.99 Å². The third-order valence-electron chi connectivity index (χ3n) is 2.78. The predicted octanol–water partition coefficient (Wildman–Crippen LogP) is 0.432. The van der Waals surface area contributed by atoms with Crippen LogP contribution in [0, 0.1) is 17.2 Å². The Balaban J connectivity index is 2.41. The Morgan fingerprint density at radius 1 is 1.39 bits per heavy atom. The molecule has 6 nitrogen and oxygen atoms in total. The van der Waals surface area contributed by atoms with Gasteiger partial charge in [0.15, 0.2) is 11.1 Å². The molecular weight excluding hydrogens is 250 g/mol. The maximum Gasteiger partial charge on any atom is 0.233 e. The first-order valence-electron chi connectivity index (χ1n) is 5.97. The summed E-state index contributed by atoms with van der Waals surface area (Å²) in [5, 5.41) is 7.42. The van der Waals surface area contributed by atoms with Gasteiger partial charge >= 0.3 is 0 Å². The fraction of sp³-hybridized carbons (Fsp3) is 0.727. The minimum Gasteiger partial charge on any atom is -0.370 e. The number of rotatable bonds is 2. The van der Waals surface area contributed by atoms with Gasteiger partial charge in [-0.2, -0.15) is 4.99 Å². The molecule has 0 radical (unpaired) electrons. The second kappa shape index (κ2) is 6.63. The van der Waals surface area contributed by atoms with Crippen molar-refractivity contribution in [3.63, 3.8) is 0 Å². The molecule has 0 saturated carbocycles. The topological polar surface area (TPSA) is 109 Å². The number of hydrogen-bond acceptors (Lipinski definition) is 3. The van der Waals surface area contributed by atoms with Gasteiger partial charge < -0.3 is 16.4 Å². The summed E-state index contributed by atoms with van der Waals surface area (Å²) in [6.07, 6.45) is 1.17. The molecule has 0 aromatic carbocycles. The van der Waals surface area contributed by atoms with Crippen LogP contribution in [0.2, 0.25) is 0 Å². The standard InChI is InChI=1S/C11H21N5OS/c1-7-3-8(2)5-16(4-7)9(17)6-18-11(14)15-10(12)13/h7-8H,3-6H2,1-2H3,(H5,12,13,14,15). The van der Waals surface area contributed by atoms with Crippen LogP contribution in [0.5, 0.6) is 0 Å². The van der Waals surface area contributed by atoms with Gasteiger partial charge in [0.1, 0.15) is 0 Å². The molecule has 0 spiro atoms. The molecule has 1 aliphatic heterocycles. The maximum absolute atomic E-state index is 12.0. The van der Waals surface area contributed by atoms with Crippen molar-refractivity contribution in [2.24, 2.45) is 28.3 Å². The average Bonchev–Trinajstić information content (AvgIpc) is 2.23. The number of hydrogen-bond donors (Lipinski definition) is 3. The lowest BCUT2D eigenvalue weighted by atomic mass is 9.92. The average molecular weight is 271 g/mol. The lowest BCUT2D eigenvalue weighted by molar-refractivity contribution is -0.130. The van der Waals surface area contributed by atoms with Crippen molar-refractivity contribution < 1.29 is 4.79 Å². The highest BCUT2D eigenvalue weighted by Crippen LogP contribution is 2.21. The fourth-order valence-corrected chi connectivity index (χ4v) is 2.85. The number of carbonyl (C=O) groups excluding carboxylic acids is 1. The number of amides is 1. The third-order valence-corrected chi connectivity index (χ3v) is 3.54. The molecule has 0 aliphatic carbocycles. The molecule has 2 atom stereocenters. The van der Waals surface area contributed by atoms with Crippen molar-refractivity contribution >= 4 is 28.8 Å². The minimum atomic E-state index is -0.153. The Morgan fingerprint density at radius 3 is 2.44 bits per heavy atom. The summed E-state index contributed by atoms with van der Waals surface area (Å²) >= 11 is 1.05. The van der Waals surface area contributed by atoms with Gasteiger partial charge in [0.25, 0.3) is 0 Å². The molecule has 2 unspecified atom stereocenters. The van der Waals surface area contributed by atoms with Crippen LogP contribution in [0.1, 0.15) is 20.3 Å². The van der Waals surface area contributed by atoms with Crippen molar-refractivity contribution in [1.82, 2.24) is 4.90 Å². The van der Waals surface area contributed by atoms with Gasteiger partial charge in [-0.15, -0.1) is 0 Å². The summed E-state index contributed by atoms with van der Waals surface area (Å²) < 4.78 is 0. The van der Waals surface area contributed by atoms with Gasteiger partial charge in [0, 0.05) is 13.1 Å². The van der Waals surface area contributed by atoms with Gasteiger partial charge in [-0.05, 0) is 18.3 Å². The van der Waals surface area contributed by atoms with E-state index in [1.165, 1.54) is 6.42 Å². The summed E-state index contributed by atoms with van der Waals surface area (Å²) in [6, 6.07) is 0. The van der Waals surface area contributed by atoms with Crippen LogP contribution < -0.4 is 11.5 Å². The summed E-state index contributed by atoms with van der Waals surface area (Å²) in [7, 11) is 0. The Bertz CT molecular complexity index is 343. The van der Waals surface area contributed by atoms with Crippen LogP contribution in [-0.4, -0.2) is 40.8 Å². The van der Waals surface area contributed by atoms with Gasteiger partial charge in [0.2, 0.25) is 5.91 Å². The smallest absolute Gasteiger partial charge is 0.233 e. The highest BCUT2D eigenvalue weighted by molar-refractivity contribution is 8.14. The quantitative estimate of drug-likeness (QED) is 0.500. The van der Waals surface area contributed by atoms with Gasteiger partial charge in [-0.1, -0.05) is 25.6 Å². The Hall–Kier alpha value is -1.24. The van der Waals surface area contributed by atoms with E-state index in [0.717, 1.165) is 24.9 Å². The van der Waals surface area contributed by atoms with Gasteiger partial charge in [-0.3, -0.25) is 10.2 Å². The third kappa shape index (κ3) is 4.95. The van der Waals surface area contributed by atoms with E-state index in [1.807, 2.05) is 4.90 Å². The number of guanidine groups is 1. The minimum absolute atomic E-state index is 0.0264. The van der Waals surface area contributed by atoms with E-state index in [0.29, 0.717) is 11.8 Å². The molecule has 0 aromatic heterocycles. The van der Waals surface area contributed by atoms with Crippen LogP contribution >= 0.6 is 11.8 Å². The van der Waals surface area contributed by atoms with Crippen molar-refractivity contribution in [1.29, 1.82) is 5.41 Å². The van der Waals surface area contributed by atoms with Gasteiger partial charge in [0.05, 0.1) is 5.75 Å². The van der Waals surface area contributed by atoms with Crippen molar-refractivity contribution in [3.05, 3.63) is 0 Å². The lowest BCUT2D eigenvalue weighted by Crippen LogP contribution is -2.43. The number of nitrogens with one attached hydrogen (secondary N) is 1. The summed E-state index contributed by atoms with van der Waals surface area (Å²) in [4.78, 5) is 17.4. The number of nitrogens with zero attached hydrogens (tertiary/aromatic N) is 2. The Kier molecular flexibility index (Phi) is 5.46. The molecule has 1 heterocycles. The molecule has 0 aromatic rings. The number of piperidine rings is 1. The highest BCUT2D eigenvalue weighted by Gasteiger charge is 2.25. The lowest BCUT2D eigenvalue weighted by Gasteiger charge is -2.34. The second-order valence-corrected chi connectivity index (χ2v) is 5.84. The molecule has 5 N–H and O–H groups in total. The normalized spacial score (nSPS) is 23.6. The SMILES string of the molecule is CC1CC(C)CN(C(=O)CSC(=N)N=C(N)N)C1. The number of amidine groups is 1.